The number of carbonyl (C=O) groups excluding carboxylic acids is 1. The van der Waals surface area contributed by atoms with Crippen LogP contribution in [-0.2, 0) is 14.6 Å². The minimum absolute atomic E-state index is 0.0387. The molecule has 0 aromatic carbocycles. The van der Waals surface area contributed by atoms with Crippen LogP contribution < -0.4 is 5.32 Å². The van der Waals surface area contributed by atoms with E-state index < -0.39 is 15.9 Å². The molecule has 0 aromatic rings. The molecule has 0 radical (unpaired) electrons. The molecule has 80 valence electrons. The Bertz CT molecular complexity index is 348. The van der Waals surface area contributed by atoms with Crippen molar-refractivity contribution in [1.29, 1.82) is 0 Å². The van der Waals surface area contributed by atoms with Crippen LogP contribution in [0.1, 0.15) is 13.3 Å². The molecule has 0 bridgehead atoms. The average Bonchev–Trinajstić information content (AvgIpc) is 2.44. The summed E-state index contributed by atoms with van der Waals surface area (Å²) in [7, 11) is -3.09. The molecule has 0 fully saturated rings. The van der Waals surface area contributed by atoms with E-state index in [1.54, 1.807) is 0 Å². The largest absolute Gasteiger partial charge is 0.348 e. The minimum atomic E-state index is -3.09. The van der Waals surface area contributed by atoms with Gasteiger partial charge in [-0.25, -0.2) is 8.42 Å². The first-order chi connectivity index (χ1) is 6.44. The predicted molar refractivity (Wildman–Crippen MR) is 57.9 cm³/mol. The first-order valence-electron chi connectivity index (χ1n) is 4.34. The van der Waals surface area contributed by atoms with Crippen LogP contribution >= 0.6 is 12.6 Å². The van der Waals surface area contributed by atoms with Crippen molar-refractivity contribution in [2.75, 3.05) is 5.75 Å². The lowest BCUT2D eigenvalue weighted by molar-refractivity contribution is -0.120. The fourth-order valence-electron chi connectivity index (χ4n) is 1.13. The minimum Gasteiger partial charge on any atom is -0.348 e. The molecule has 2 unspecified atom stereocenters. The highest BCUT2D eigenvalue weighted by Crippen LogP contribution is 2.09. The third-order valence-electron chi connectivity index (χ3n) is 1.95. The van der Waals surface area contributed by atoms with Gasteiger partial charge in [0.2, 0.25) is 5.91 Å². The van der Waals surface area contributed by atoms with E-state index in [0.29, 0.717) is 6.42 Å². The molecule has 0 aliphatic carbocycles. The molecular weight excluding hydrogens is 222 g/mol. The molecule has 0 saturated carbocycles. The van der Waals surface area contributed by atoms with Gasteiger partial charge in [-0.2, -0.15) is 12.6 Å². The Labute approximate surface area is 89.1 Å². The summed E-state index contributed by atoms with van der Waals surface area (Å²) in [5, 5.41) is 3.37. The van der Waals surface area contributed by atoms with Crippen molar-refractivity contribution in [2.24, 2.45) is 0 Å². The summed E-state index contributed by atoms with van der Waals surface area (Å²) in [6.45, 7) is 1.85. The molecule has 4 nitrogen and oxygen atoms in total. The molecule has 2 atom stereocenters. The Kier molecular flexibility index (Phi) is 3.60. The zero-order valence-corrected chi connectivity index (χ0v) is 9.51. The van der Waals surface area contributed by atoms with Gasteiger partial charge in [-0.05, 0) is 12.5 Å². The SMILES string of the molecule is CCC(S)C(=O)NC1C=CS(=O)(=O)C1. The molecule has 14 heavy (non-hydrogen) atoms. The van der Waals surface area contributed by atoms with Crippen molar-refractivity contribution in [2.45, 2.75) is 24.6 Å². The fraction of sp³-hybridized carbons (Fsp3) is 0.625. The summed E-state index contributed by atoms with van der Waals surface area (Å²) >= 11 is 4.06. The van der Waals surface area contributed by atoms with Crippen molar-refractivity contribution in [3.8, 4) is 0 Å². The lowest BCUT2D eigenvalue weighted by atomic mass is 10.2. The highest BCUT2D eigenvalue weighted by atomic mass is 32.2. The normalized spacial score (nSPS) is 26.0. The van der Waals surface area contributed by atoms with Crippen LogP contribution in [0.15, 0.2) is 11.5 Å². The molecule has 6 heteroatoms. The van der Waals surface area contributed by atoms with E-state index >= 15 is 0 Å². The molecule has 1 N–H and O–H groups in total. The van der Waals surface area contributed by atoms with Gasteiger partial charge < -0.3 is 5.32 Å². The number of carbonyl (C=O) groups is 1. The molecule has 0 aromatic heterocycles. The van der Waals surface area contributed by atoms with Crippen molar-refractivity contribution in [3.63, 3.8) is 0 Å². The average molecular weight is 235 g/mol. The maximum atomic E-state index is 11.3. The van der Waals surface area contributed by atoms with E-state index in [2.05, 4.69) is 17.9 Å². The Morgan fingerprint density at radius 3 is 2.79 bits per heavy atom. The van der Waals surface area contributed by atoms with Gasteiger partial charge in [-0.3, -0.25) is 4.79 Å². The van der Waals surface area contributed by atoms with Crippen LogP contribution in [0.25, 0.3) is 0 Å². The smallest absolute Gasteiger partial charge is 0.233 e. The quantitative estimate of drug-likeness (QED) is 0.683. The number of nitrogens with one attached hydrogen (secondary N) is 1. The molecular formula is C8H13NO3S2. The van der Waals surface area contributed by atoms with Crippen molar-refractivity contribution in [3.05, 3.63) is 11.5 Å². The van der Waals surface area contributed by atoms with Gasteiger partial charge in [-0.15, -0.1) is 0 Å². The lowest BCUT2D eigenvalue weighted by Crippen LogP contribution is -2.39. The molecule has 0 saturated heterocycles. The van der Waals surface area contributed by atoms with Crippen molar-refractivity contribution < 1.29 is 13.2 Å². The number of hydrogen-bond acceptors (Lipinski definition) is 4. The Morgan fingerprint density at radius 2 is 2.36 bits per heavy atom. The van der Waals surface area contributed by atoms with Gasteiger partial charge in [0.05, 0.1) is 17.0 Å². The Hall–Kier alpha value is -0.490. The van der Waals surface area contributed by atoms with Crippen LogP contribution in [0.4, 0.5) is 0 Å². The van der Waals surface area contributed by atoms with Gasteiger partial charge in [0.1, 0.15) is 0 Å². The molecule has 1 amide bonds. The Morgan fingerprint density at radius 1 is 1.71 bits per heavy atom. The molecule has 1 aliphatic heterocycles. The fourth-order valence-corrected chi connectivity index (χ4v) is 2.44. The highest BCUT2D eigenvalue weighted by Gasteiger charge is 2.24. The lowest BCUT2D eigenvalue weighted by Gasteiger charge is -2.12. The summed E-state index contributed by atoms with van der Waals surface area (Å²) in [5.41, 5.74) is 0. The van der Waals surface area contributed by atoms with Crippen LogP contribution in [0.3, 0.4) is 0 Å². The highest BCUT2D eigenvalue weighted by molar-refractivity contribution is 7.94. The summed E-state index contributed by atoms with van der Waals surface area (Å²) in [6.07, 6.45) is 2.11. The van der Waals surface area contributed by atoms with Crippen LogP contribution in [0, 0.1) is 0 Å². The topological polar surface area (TPSA) is 63.2 Å². The molecule has 1 rings (SSSR count). The van der Waals surface area contributed by atoms with E-state index in [1.165, 1.54) is 6.08 Å². The van der Waals surface area contributed by atoms with Gasteiger partial charge >= 0.3 is 0 Å². The molecule has 1 heterocycles. The third-order valence-corrected chi connectivity index (χ3v) is 3.94. The summed E-state index contributed by atoms with van der Waals surface area (Å²) in [5.74, 6) is -0.259. The monoisotopic (exact) mass is 235 g/mol. The van der Waals surface area contributed by atoms with Gasteiger partial charge in [0.25, 0.3) is 0 Å². The van der Waals surface area contributed by atoms with Gasteiger partial charge in [-0.1, -0.05) is 6.92 Å². The summed E-state index contributed by atoms with van der Waals surface area (Å²) in [4.78, 5) is 11.3. The van der Waals surface area contributed by atoms with Crippen molar-refractivity contribution in [1.82, 2.24) is 5.32 Å². The van der Waals surface area contributed by atoms with Crippen LogP contribution in [0.5, 0.6) is 0 Å². The molecule has 1 aliphatic rings. The van der Waals surface area contributed by atoms with Crippen LogP contribution in [0.2, 0.25) is 0 Å². The third kappa shape index (κ3) is 3.02. The summed E-state index contributed by atoms with van der Waals surface area (Å²) < 4.78 is 22.0. The first-order valence-corrected chi connectivity index (χ1v) is 6.57. The standard InChI is InChI=1S/C8H13NO3S2/c1-2-7(13)8(10)9-6-3-4-14(11,12)5-6/h3-4,6-7,13H,2,5H2,1H3,(H,9,10). The van der Waals surface area contributed by atoms with E-state index in [1.807, 2.05) is 6.92 Å². The van der Waals surface area contributed by atoms with Crippen molar-refractivity contribution >= 4 is 28.4 Å². The van der Waals surface area contributed by atoms with Crippen LogP contribution in [-0.4, -0.2) is 31.4 Å². The Balaban J connectivity index is 2.49. The first kappa shape index (κ1) is 11.6. The zero-order chi connectivity index (χ0) is 10.8. The van der Waals surface area contributed by atoms with Gasteiger partial charge in [0, 0.05) is 5.41 Å². The number of rotatable bonds is 3. The zero-order valence-electron chi connectivity index (χ0n) is 7.80. The van der Waals surface area contributed by atoms with E-state index in [-0.39, 0.29) is 16.9 Å². The summed E-state index contributed by atoms with van der Waals surface area (Å²) in [6, 6.07) is -0.395. The second-order valence-corrected chi connectivity index (χ2v) is 5.75. The van der Waals surface area contributed by atoms with E-state index in [4.69, 9.17) is 0 Å². The maximum Gasteiger partial charge on any atom is 0.233 e. The number of thiol groups is 1. The number of hydrogen-bond donors (Lipinski definition) is 2. The number of amides is 1. The predicted octanol–water partition coefficient (Wildman–Crippen LogP) is 0.122. The second-order valence-electron chi connectivity index (χ2n) is 3.20. The van der Waals surface area contributed by atoms with Gasteiger partial charge in [0.15, 0.2) is 9.84 Å². The molecule has 0 spiro atoms. The second kappa shape index (κ2) is 4.35. The maximum absolute atomic E-state index is 11.3. The number of sulfone groups is 1. The van der Waals surface area contributed by atoms with E-state index in [0.717, 1.165) is 5.41 Å². The van der Waals surface area contributed by atoms with E-state index in [9.17, 15) is 13.2 Å².